The number of ether oxygens (including phenoxy) is 3. The van der Waals surface area contributed by atoms with Gasteiger partial charge in [-0.05, 0) is 25.0 Å². The van der Waals surface area contributed by atoms with E-state index in [9.17, 15) is 4.79 Å². The molecule has 0 aliphatic heterocycles. The van der Waals surface area contributed by atoms with Crippen molar-refractivity contribution in [1.29, 1.82) is 0 Å². The van der Waals surface area contributed by atoms with E-state index in [4.69, 9.17) is 14.2 Å². The third-order valence-electron chi connectivity index (χ3n) is 5.06. The van der Waals surface area contributed by atoms with Gasteiger partial charge in [-0.3, -0.25) is 4.79 Å². The zero-order chi connectivity index (χ0) is 20.4. The molecule has 1 aromatic heterocycles. The van der Waals surface area contributed by atoms with E-state index in [1.165, 1.54) is 32.8 Å². The molecular formula is C23H35NO4. The maximum atomic E-state index is 13.0. The number of benzene rings is 1. The van der Waals surface area contributed by atoms with Crippen LogP contribution >= 0.6 is 0 Å². The number of aromatic nitrogens is 1. The molecule has 1 heterocycles. The van der Waals surface area contributed by atoms with E-state index in [1.807, 2.05) is 22.8 Å². The van der Waals surface area contributed by atoms with Crippen LogP contribution in [-0.4, -0.2) is 25.4 Å². The maximum Gasteiger partial charge on any atom is 0.297 e. The van der Waals surface area contributed by atoms with Gasteiger partial charge in [-0.15, -0.1) is 0 Å². The second-order valence-electron chi connectivity index (χ2n) is 7.17. The first-order valence-electron chi connectivity index (χ1n) is 10.6. The normalized spacial score (nSPS) is 11.0. The van der Waals surface area contributed by atoms with Gasteiger partial charge in [-0.1, -0.05) is 52.4 Å². The van der Waals surface area contributed by atoms with Crippen molar-refractivity contribution in [2.24, 2.45) is 0 Å². The zero-order valence-corrected chi connectivity index (χ0v) is 17.9. The number of aryl methyl sites for hydroxylation is 1. The van der Waals surface area contributed by atoms with E-state index in [0.717, 1.165) is 42.3 Å². The fourth-order valence-electron chi connectivity index (χ4n) is 3.46. The summed E-state index contributed by atoms with van der Waals surface area (Å²) in [6, 6.07) is 5.83. The molecule has 0 saturated carbocycles. The molecule has 0 fully saturated rings. The summed E-state index contributed by atoms with van der Waals surface area (Å²) in [5.41, 5.74) is 0.691. The third kappa shape index (κ3) is 5.43. The molecule has 0 unspecified atom stereocenters. The van der Waals surface area contributed by atoms with Crippen LogP contribution in [0.5, 0.6) is 17.2 Å². The zero-order valence-electron chi connectivity index (χ0n) is 17.9. The van der Waals surface area contributed by atoms with Crippen molar-refractivity contribution in [3.8, 4) is 17.2 Å². The minimum atomic E-state index is -0.147. The van der Waals surface area contributed by atoms with Crippen molar-refractivity contribution in [2.75, 3.05) is 20.8 Å². The number of rotatable bonds is 13. The Morgan fingerprint density at radius 2 is 1.54 bits per heavy atom. The molecule has 0 bridgehead atoms. The fraction of sp³-hybridized carbons (Fsp3) is 0.609. The Hall–Kier alpha value is -2.17. The second-order valence-corrected chi connectivity index (χ2v) is 7.17. The average Bonchev–Trinajstić information content (AvgIpc) is 2.71. The lowest BCUT2D eigenvalue weighted by molar-refractivity contribution is 0.309. The third-order valence-corrected chi connectivity index (χ3v) is 5.06. The van der Waals surface area contributed by atoms with Crippen LogP contribution < -0.4 is 19.8 Å². The van der Waals surface area contributed by atoms with Crippen LogP contribution in [0.1, 0.15) is 65.2 Å². The maximum absolute atomic E-state index is 13.0. The molecule has 0 aliphatic rings. The molecule has 5 nitrogen and oxygen atoms in total. The van der Waals surface area contributed by atoms with E-state index in [2.05, 4.69) is 13.8 Å². The molecule has 0 amide bonds. The monoisotopic (exact) mass is 389 g/mol. The van der Waals surface area contributed by atoms with Crippen molar-refractivity contribution in [3.05, 3.63) is 28.6 Å². The standard InChI is InChI=1S/C23H35NO4/c1-5-7-9-10-11-12-15-24-20-17-18(28-16-8-6-2)13-14-19(20)21(26-3)22(27-4)23(24)25/h13-14,17H,5-12,15-16H2,1-4H3. The molecule has 1 aromatic carbocycles. The Morgan fingerprint density at radius 1 is 0.857 bits per heavy atom. The Kier molecular flexibility index (Phi) is 9.18. The smallest absolute Gasteiger partial charge is 0.297 e. The van der Waals surface area contributed by atoms with Crippen molar-refractivity contribution in [3.63, 3.8) is 0 Å². The van der Waals surface area contributed by atoms with E-state index in [1.54, 1.807) is 7.11 Å². The molecule has 28 heavy (non-hydrogen) atoms. The predicted molar refractivity (Wildman–Crippen MR) is 115 cm³/mol. The van der Waals surface area contributed by atoms with E-state index in [-0.39, 0.29) is 11.3 Å². The summed E-state index contributed by atoms with van der Waals surface area (Å²) in [5.74, 6) is 1.53. The molecular weight excluding hydrogens is 354 g/mol. The van der Waals surface area contributed by atoms with Crippen LogP contribution in [0.15, 0.2) is 23.0 Å². The highest BCUT2D eigenvalue weighted by atomic mass is 16.5. The number of hydrogen-bond donors (Lipinski definition) is 0. The fourth-order valence-corrected chi connectivity index (χ4v) is 3.46. The minimum absolute atomic E-state index is 0.147. The summed E-state index contributed by atoms with van der Waals surface area (Å²) in [6.45, 7) is 5.70. The molecule has 0 radical (unpaired) electrons. The number of fused-ring (bicyclic) bond motifs is 1. The number of unbranched alkanes of at least 4 members (excludes halogenated alkanes) is 6. The van der Waals surface area contributed by atoms with Gasteiger partial charge in [0.2, 0.25) is 5.75 Å². The number of nitrogens with zero attached hydrogens (tertiary/aromatic N) is 1. The second kappa shape index (κ2) is 11.6. The first kappa shape index (κ1) is 22.1. The van der Waals surface area contributed by atoms with Crippen LogP contribution in [0, 0.1) is 0 Å². The van der Waals surface area contributed by atoms with Crippen molar-refractivity contribution < 1.29 is 14.2 Å². The number of hydrogen-bond acceptors (Lipinski definition) is 4. The van der Waals surface area contributed by atoms with Gasteiger partial charge in [0.15, 0.2) is 5.75 Å². The Morgan fingerprint density at radius 3 is 2.21 bits per heavy atom. The van der Waals surface area contributed by atoms with Gasteiger partial charge < -0.3 is 18.8 Å². The SMILES string of the molecule is CCCCCCCCn1c(=O)c(OC)c(OC)c2ccc(OCCCC)cc21. The van der Waals surface area contributed by atoms with Crippen LogP contribution in [0.4, 0.5) is 0 Å². The van der Waals surface area contributed by atoms with Crippen molar-refractivity contribution >= 4 is 10.9 Å². The van der Waals surface area contributed by atoms with Gasteiger partial charge in [0.05, 0.1) is 26.3 Å². The summed E-state index contributed by atoms with van der Waals surface area (Å²) in [5, 5.41) is 0.868. The Balaban J connectivity index is 2.35. The molecule has 2 aromatic rings. The largest absolute Gasteiger partial charge is 0.494 e. The van der Waals surface area contributed by atoms with Gasteiger partial charge in [0.25, 0.3) is 5.56 Å². The molecule has 0 atom stereocenters. The molecule has 5 heteroatoms. The van der Waals surface area contributed by atoms with Crippen molar-refractivity contribution in [1.82, 2.24) is 4.57 Å². The Labute approximate surface area is 168 Å². The highest BCUT2D eigenvalue weighted by molar-refractivity contribution is 5.89. The summed E-state index contributed by atoms with van der Waals surface area (Å²) in [4.78, 5) is 13.0. The van der Waals surface area contributed by atoms with Crippen molar-refractivity contribution in [2.45, 2.75) is 71.8 Å². The van der Waals surface area contributed by atoms with E-state index < -0.39 is 0 Å². The van der Waals surface area contributed by atoms with Crippen LogP contribution in [0.3, 0.4) is 0 Å². The van der Waals surface area contributed by atoms with Crippen LogP contribution in [0.2, 0.25) is 0 Å². The topological polar surface area (TPSA) is 49.7 Å². The predicted octanol–water partition coefficient (Wildman–Crippen LogP) is 5.56. The molecule has 0 aliphatic carbocycles. The lowest BCUT2D eigenvalue weighted by Gasteiger charge is -2.17. The summed E-state index contributed by atoms with van der Waals surface area (Å²) in [7, 11) is 3.09. The molecule has 0 saturated heterocycles. The quantitative estimate of drug-likeness (QED) is 0.421. The van der Waals surface area contributed by atoms with Gasteiger partial charge in [-0.2, -0.15) is 0 Å². The molecule has 0 spiro atoms. The van der Waals surface area contributed by atoms with Crippen LogP contribution in [-0.2, 0) is 6.54 Å². The van der Waals surface area contributed by atoms with Gasteiger partial charge in [-0.25, -0.2) is 0 Å². The highest BCUT2D eigenvalue weighted by Gasteiger charge is 2.18. The summed E-state index contributed by atoms with van der Waals surface area (Å²) >= 11 is 0. The molecule has 156 valence electrons. The first-order chi connectivity index (χ1) is 13.7. The highest BCUT2D eigenvalue weighted by Crippen LogP contribution is 2.34. The minimum Gasteiger partial charge on any atom is -0.494 e. The van der Waals surface area contributed by atoms with Crippen LogP contribution in [0.25, 0.3) is 10.9 Å². The Bertz CT molecular complexity index is 797. The number of methoxy groups -OCH3 is 2. The van der Waals surface area contributed by atoms with Gasteiger partial charge in [0, 0.05) is 18.0 Å². The average molecular weight is 390 g/mol. The van der Waals surface area contributed by atoms with E-state index in [0.29, 0.717) is 18.9 Å². The summed E-state index contributed by atoms with van der Waals surface area (Å²) in [6.07, 6.45) is 9.16. The molecule has 0 N–H and O–H groups in total. The first-order valence-corrected chi connectivity index (χ1v) is 10.6. The lowest BCUT2D eigenvalue weighted by Crippen LogP contribution is -2.23. The van der Waals surface area contributed by atoms with Gasteiger partial charge >= 0.3 is 0 Å². The number of pyridine rings is 1. The lowest BCUT2D eigenvalue weighted by atomic mass is 10.1. The molecule has 2 rings (SSSR count). The van der Waals surface area contributed by atoms with Gasteiger partial charge in [0.1, 0.15) is 5.75 Å². The summed E-state index contributed by atoms with van der Waals surface area (Å²) < 4.78 is 18.6. The van der Waals surface area contributed by atoms with E-state index >= 15 is 0 Å².